The number of Topliss-reactive ketones (excluding diaryl/α,β-unsaturated/α-hetero) is 1. The van der Waals surface area contributed by atoms with Gasteiger partial charge in [0.2, 0.25) is 5.88 Å². The zero-order chi connectivity index (χ0) is 22.1. The first-order valence-corrected chi connectivity index (χ1v) is 11.6. The van der Waals surface area contributed by atoms with Gasteiger partial charge >= 0.3 is 0 Å². The second-order valence-corrected chi connectivity index (χ2v) is 10.4. The molecule has 0 aromatic carbocycles. The topological polar surface area (TPSA) is 98.3 Å². The molecule has 1 aliphatic rings. The van der Waals surface area contributed by atoms with E-state index < -0.39 is 5.56 Å². The number of hydrogen-bond donors (Lipinski definition) is 3. The summed E-state index contributed by atoms with van der Waals surface area (Å²) in [6, 6.07) is 0. The summed E-state index contributed by atoms with van der Waals surface area (Å²) in [7, 11) is 0. The number of H-pyrrole nitrogens is 2. The zero-order valence-electron chi connectivity index (χ0n) is 17.9. The number of ketones is 1. The second kappa shape index (κ2) is 8.98. The fraction of sp³-hybridized carbons (Fsp3) is 0.545. The van der Waals surface area contributed by atoms with Crippen LogP contribution in [-0.2, 0) is 12.8 Å². The number of fused-ring (bicyclic) bond motifs is 1. The number of aliphatic imine (C=N–C) groups is 1. The first kappa shape index (κ1) is 22.6. The Morgan fingerprint density at radius 2 is 2.10 bits per heavy atom. The molecule has 1 aliphatic carbocycles. The Kier molecular flexibility index (Phi) is 6.77. The third-order valence-electron chi connectivity index (χ3n) is 5.78. The Morgan fingerprint density at radius 3 is 2.73 bits per heavy atom. The molecule has 0 unspecified atom stereocenters. The second-order valence-electron chi connectivity index (χ2n) is 8.95. The Labute approximate surface area is 185 Å². The van der Waals surface area contributed by atoms with Gasteiger partial charge in [-0.3, -0.25) is 14.6 Å². The molecule has 0 aliphatic heterocycles. The lowest BCUT2D eigenvalue weighted by molar-refractivity contribution is 0.0979. The first-order chi connectivity index (χ1) is 14.1. The first-order valence-electron chi connectivity index (χ1n) is 10.4. The molecule has 0 bridgehead atoms. The minimum Gasteiger partial charge on any atom is -0.494 e. The van der Waals surface area contributed by atoms with Crippen molar-refractivity contribution in [1.29, 1.82) is 0 Å². The van der Waals surface area contributed by atoms with Gasteiger partial charge < -0.3 is 10.1 Å². The van der Waals surface area contributed by atoms with Crippen molar-refractivity contribution in [3.05, 3.63) is 36.7 Å². The van der Waals surface area contributed by atoms with Gasteiger partial charge in [0.1, 0.15) is 10.6 Å². The molecular weight excluding hydrogens is 418 g/mol. The van der Waals surface area contributed by atoms with Gasteiger partial charge in [-0.1, -0.05) is 34.1 Å². The summed E-state index contributed by atoms with van der Waals surface area (Å²) in [5, 5.41) is 10.7. The van der Waals surface area contributed by atoms with Gasteiger partial charge in [0, 0.05) is 17.5 Å². The van der Waals surface area contributed by atoms with Crippen molar-refractivity contribution in [1.82, 2.24) is 9.97 Å². The smallest absolute Gasteiger partial charge is 0.264 e. The molecule has 0 saturated carbocycles. The van der Waals surface area contributed by atoms with E-state index in [0.29, 0.717) is 22.9 Å². The molecule has 8 heteroatoms. The molecule has 30 heavy (non-hydrogen) atoms. The van der Waals surface area contributed by atoms with Crippen LogP contribution >= 0.6 is 23.6 Å². The highest BCUT2D eigenvalue weighted by Crippen LogP contribution is 2.45. The number of carbonyl (C=O) groups is 1. The fourth-order valence-corrected chi connectivity index (χ4v) is 5.36. The van der Waals surface area contributed by atoms with Crippen LogP contribution < -0.4 is 5.56 Å². The van der Waals surface area contributed by atoms with E-state index in [0.717, 1.165) is 37.7 Å². The number of aromatic nitrogens is 2. The van der Waals surface area contributed by atoms with E-state index in [1.807, 2.05) is 0 Å². The molecular formula is C22H29N3O3S2. The molecule has 3 N–H and O–H groups in total. The third kappa shape index (κ3) is 4.81. The average molecular weight is 448 g/mol. The van der Waals surface area contributed by atoms with Gasteiger partial charge in [0.15, 0.2) is 10.6 Å². The predicted octanol–water partition coefficient (Wildman–Crippen LogP) is 5.47. The van der Waals surface area contributed by atoms with Crippen LogP contribution in [0, 0.1) is 16.1 Å². The number of aromatic hydroxyl groups is 1. The molecule has 2 aromatic rings. The quantitative estimate of drug-likeness (QED) is 0.310. The van der Waals surface area contributed by atoms with E-state index in [1.165, 1.54) is 22.4 Å². The van der Waals surface area contributed by atoms with Crippen molar-refractivity contribution in [3.63, 3.8) is 0 Å². The van der Waals surface area contributed by atoms with E-state index in [4.69, 9.17) is 12.2 Å². The number of thiophene rings is 1. The van der Waals surface area contributed by atoms with Crippen LogP contribution in [0.5, 0.6) is 5.88 Å². The van der Waals surface area contributed by atoms with Crippen LogP contribution in [-0.4, -0.2) is 27.1 Å². The lowest BCUT2D eigenvalue weighted by Crippen LogP contribution is -2.26. The number of nitrogens with one attached hydrogen (secondary N) is 2. The van der Waals surface area contributed by atoms with Gasteiger partial charge in [0.25, 0.3) is 5.56 Å². The van der Waals surface area contributed by atoms with E-state index in [9.17, 15) is 14.7 Å². The Bertz CT molecular complexity index is 1090. The summed E-state index contributed by atoms with van der Waals surface area (Å²) >= 11 is 6.40. The van der Waals surface area contributed by atoms with Gasteiger partial charge in [-0.15, -0.1) is 11.3 Å². The highest BCUT2D eigenvalue weighted by Gasteiger charge is 2.33. The summed E-state index contributed by atoms with van der Waals surface area (Å²) in [5.41, 5.74) is 1.51. The molecule has 0 amide bonds. The fourth-order valence-electron chi connectivity index (χ4n) is 3.88. The normalized spacial score (nSPS) is 16.7. The maximum absolute atomic E-state index is 13.0. The van der Waals surface area contributed by atoms with Crippen molar-refractivity contribution >= 4 is 40.6 Å². The lowest BCUT2D eigenvalue weighted by atomic mass is 9.72. The largest absolute Gasteiger partial charge is 0.494 e. The SMILES string of the molecule is CCCCC(=O)c1c(N=Cc2c(O)[nH]c(=S)[nH]c2=O)sc2c1CC[C@@H](C(C)(C)C)C2. The van der Waals surface area contributed by atoms with Crippen molar-refractivity contribution in [3.8, 4) is 5.88 Å². The van der Waals surface area contributed by atoms with E-state index >= 15 is 0 Å². The maximum atomic E-state index is 13.0. The molecule has 0 fully saturated rings. The number of unbranched alkanes of at least 4 members (excludes halogenated alkanes) is 1. The molecule has 1 atom stereocenters. The standard InChI is InChI=1S/C22H29N3O3S2/c1-5-6-7-15(26)17-13-9-8-12(22(2,3)4)10-16(13)30-20(17)23-11-14-18(27)24-21(29)25-19(14)28/h11-12H,5-10H2,1-4H3,(H3,24,25,27,28,29)/t12-/m1/s1. The van der Waals surface area contributed by atoms with Crippen LogP contribution in [0.15, 0.2) is 9.79 Å². The number of aromatic amines is 2. The highest BCUT2D eigenvalue weighted by atomic mass is 32.1. The van der Waals surface area contributed by atoms with Crippen LogP contribution in [0.25, 0.3) is 0 Å². The zero-order valence-corrected chi connectivity index (χ0v) is 19.6. The molecule has 2 heterocycles. The molecule has 0 saturated heterocycles. The van der Waals surface area contributed by atoms with E-state index in [1.54, 1.807) is 0 Å². The minimum atomic E-state index is -0.520. The number of nitrogens with zero attached hydrogens (tertiary/aromatic N) is 1. The summed E-state index contributed by atoms with van der Waals surface area (Å²) < 4.78 is 0.0462. The summed E-state index contributed by atoms with van der Waals surface area (Å²) in [5.74, 6) is 0.335. The van der Waals surface area contributed by atoms with Gasteiger partial charge in [-0.25, -0.2) is 4.99 Å². The molecule has 0 radical (unpaired) electrons. The summed E-state index contributed by atoms with van der Waals surface area (Å²) in [6.45, 7) is 8.85. The Morgan fingerprint density at radius 1 is 1.37 bits per heavy atom. The summed E-state index contributed by atoms with van der Waals surface area (Å²) in [6.07, 6.45) is 6.48. The average Bonchev–Trinajstić information content (AvgIpc) is 3.02. The number of hydrogen-bond acceptors (Lipinski definition) is 6. The van der Waals surface area contributed by atoms with Crippen LogP contribution in [0.4, 0.5) is 5.00 Å². The Hall–Kier alpha value is -2.06. The molecule has 6 nitrogen and oxygen atoms in total. The van der Waals surface area contributed by atoms with Crippen LogP contribution in [0.3, 0.4) is 0 Å². The molecule has 162 valence electrons. The molecule has 2 aromatic heterocycles. The number of carbonyl (C=O) groups excluding carboxylic acids is 1. The van der Waals surface area contributed by atoms with Crippen LogP contribution in [0.1, 0.15) is 79.7 Å². The molecule has 3 rings (SSSR count). The van der Waals surface area contributed by atoms with Crippen molar-refractivity contribution in [2.75, 3.05) is 0 Å². The summed E-state index contributed by atoms with van der Waals surface area (Å²) in [4.78, 5) is 35.8. The number of rotatable bonds is 6. The van der Waals surface area contributed by atoms with E-state index in [2.05, 4.69) is 42.7 Å². The van der Waals surface area contributed by atoms with Gasteiger partial charge in [-0.05, 0) is 54.8 Å². The third-order valence-corrected chi connectivity index (χ3v) is 7.14. The van der Waals surface area contributed by atoms with Gasteiger partial charge in [-0.2, -0.15) is 0 Å². The van der Waals surface area contributed by atoms with Crippen molar-refractivity contribution < 1.29 is 9.90 Å². The van der Waals surface area contributed by atoms with Crippen LogP contribution in [0.2, 0.25) is 0 Å². The monoisotopic (exact) mass is 447 g/mol. The maximum Gasteiger partial charge on any atom is 0.264 e. The van der Waals surface area contributed by atoms with E-state index in [-0.39, 0.29) is 27.4 Å². The van der Waals surface area contributed by atoms with Crippen molar-refractivity contribution in [2.24, 2.45) is 16.3 Å². The highest BCUT2D eigenvalue weighted by molar-refractivity contribution is 7.71. The van der Waals surface area contributed by atoms with Crippen molar-refractivity contribution in [2.45, 2.75) is 66.2 Å². The molecule has 0 spiro atoms. The van der Waals surface area contributed by atoms with Gasteiger partial charge in [0.05, 0.1) is 5.56 Å². The predicted molar refractivity (Wildman–Crippen MR) is 124 cm³/mol. The minimum absolute atomic E-state index is 0.00510. The Balaban J connectivity index is 2.03. The lowest BCUT2D eigenvalue weighted by Gasteiger charge is -2.33.